The minimum atomic E-state index is -3.19. The van der Waals surface area contributed by atoms with E-state index in [0.717, 1.165) is 16.8 Å². The highest BCUT2D eigenvalue weighted by Gasteiger charge is 2.25. The van der Waals surface area contributed by atoms with Crippen molar-refractivity contribution >= 4 is 54.8 Å². The van der Waals surface area contributed by atoms with Crippen molar-refractivity contribution in [3.05, 3.63) is 65.2 Å². The highest BCUT2D eigenvalue weighted by Crippen LogP contribution is 2.31. The van der Waals surface area contributed by atoms with Crippen molar-refractivity contribution in [2.45, 2.75) is 6.54 Å². The third kappa shape index (κ3) is 5.78. The quantitative estimate of drug-likeness (QED) is 0.286. The van der Waals surface area contributed by atoms with Crippen LogP contribution in [-0.2, 0) is 16.6 Å². The van der Waals surface area contributed by atoms with E-state index in [4.69, 9.17) is 5.73 Å². The zero-order valence-electron chi connectivity index (χ0n) is 20.5. The van der Waals surface area contributed by atoms with Crippen LogP contribution in [0.3, 0.4) is 0 Å². The molecule has 198 valence electrons. The van der Waals surface area contributed by atoms with Crippen LogP contribution in [0.5, 0.6) is 0 Å². The molecule has 1 aliphatic heterocycles. The van der Waals surface area contributed by atoms with Crippen molar-refractivity contribution in [3.63, 3.8) is 0 Å². The van der Waals surface area contributed by atoms with E-state index in [1.807, 2.05) is 18.2 Å². The number of piperazine rings is 1. The molecule has 12 nitrogen and oxygen atoms in total. The summed E-state index contributed by atoms with van der Waals surface area (Å²) in [5.41, 5.74) is 10.2. The fourth-order valence-electron chi connectivity index (χ4n) is 4.40. The summed E-state index contributed by atoms with van der Waals surface area (Å²) in [6.07, 6.45) is 2.66. The zero-order chi connectivity index (χ0) is 26.9. The van der Waals surface area contributed by atoms with Gasteiger partial charge in [0, 0.05) is 44.0 Å². The Morgan fingerprint density at radius 1 is 1.08 bits per heavy atom. The number of amides is 2. The molecule has 4 aromatic rings. The lowest BCUT2D eigenvalue weighted by atomic mass is 10.1. The summed E-state index contributed by atoms with van der Waals surface area (Å²) in [6.45, 7) is 2.72. The molecule has 1 fully saturated rings. The average molecular weight is 601 g/mol. The van der Waals surface area contributed by atoms with E-state index in [1.54, 1.807) is 34.8 Å². The predicted molar refractivity (Wildman–Crippen MR) is 149 cm³/mol. The van der Waals surface area contributed by atoms with Gasteiger partial charge in [0.2, 0.25) is 10.0 Å². The zero-order valence-corrected chi connectivity index (χ0v) is 22.9. The number of carbonyl (C=O) groups excluding carboxylic acids is 1. The molecule has 5 rings (SSSR count). The Hall–Kier alpha value is -3.59. The van der Waals surface area contributed by atoms with Crippen LogP contribution in [0.1, 0.15) is 5.69 Å². The molecule has 1 aliphatic rings. The minimum absolute atomic E-state index is 0.353. The summed E-state index contributed by atoms with van der Waals surface area (Å²) in [6, 6.07) is 14.3. The molecule has 0 spiro atoms. The summed E-state index contributed by atoms with van der Waals surface area (Å²) < 4.78 is 27.6. The Balaban J connectivity index is 1.33. The number of pyridine rings is 1. The van der Waals surface area contributed by atoms with Crippen molar-refractivity contribution in [3.8, 4) is 11.1 Å². The fraction of sp³-hybridized carbons (Fsp3) is 0.250. The maximum atomic E-state index is 12.4. The molecule has 1 saturated heterocycles. The fourth-order valence-corrected chi connectivity index (χ4v) is 5.57. The van der Waals surface area contributed by atoms with Gasteiger partial charge in [-0.05, 0) is 51.8 Å². The third-order valence-corrected chi connectivity index (χ3v) is 8.00. The molecule has 0 saturated carbocycles. The van der Waals surface area contributed by atoms with Crippen molar-refractivity contribution in [1.82, 2.24) is 28.8 Å². The predicted octanol–water partition coefficient (Wildman–Crippen LogP) is 2.86. The average Bonchev–Trinajstić information content (AvgIpc) is 3.24. The van der Waals surface area contributed by atoms with Crippen LogP contribution in [0, 0.1) is 0 Å². The molecule has 0 unspecified atom stereocenters. The molecule has 0 radical (unpaired) electrons. The number of halogens is 1. The summed E-state index contributed by atoms with van der Waals surface area (Å²) in [5.74, 6) is 0.778. The van der Waals surface area contributed by atoms with Crippen LogP contribution in [0.25, 0.3) is 16.6 Å². The number of carbonyl (C=O) groups is 1. The number of nitrogen functional groups attached to an aromatic ring is 1. The van der Waals surface area contributed by atoms with Crippen LogP contribution in [0.2, 0.25) is 0 Å². The molecule has 4 N–H and O–H groups in total. The molecular weight excluding hydrogens is 574 g/mol. The van der Waals surface area contributed by atoms with E-state index in [0.29, 0.717) is 60.2 Å². The van der Waals surface area contributed by atoms with Gasteiger partial charge in [-0.25, -0.2) is 27.7 Å². The highest BCUT2D eigenvalue weighted by atomic mass is 79.9. The van der Waals surface area contributed by atoms with E-state index in [-0.39, 0.29) is 0 Å². The number of urea groups is 1. The summed E-state index contributed by atoms with van der Waals surface area (Å²) in [7, 11) is -3.19. The number of benzene rings is 1. The lowest BCUT2D eigenvalue weighted by Crippen LogP contribution is -2.47. The number of nitrogens with one attached hydrogen (secondary N) is 2. The van der Waals surface area contributed by atoms with Gasteiger partial charge in [0.05, 0.1) is 11.9 Å². The Labute approximate surface area is 228 Å². The first-order chi connectivity index (χ1) is 18.2. The maximum absolute atomic E-state index is 12.4. The third-order valence-electron chi connectivity index (χ3n) is 6.25. The molecule has 1 aromatic carbocycles. The number of rotatable bonds is 6. The smallest absolute Gasteiger partial charge is 0.324 e. The monoisotopic (exact) mass is 599 g/mol. The summed E-state index contributed by atoms with van der Waals surface area (Å²) in [5, 5.41) is 9.92. The molecule has 0 atom stereocenters. The SMILES string of the molecule is CS(=O)(=O)N1CCN(Cc2cc(-c3ccc(NC(=O)Nc4cccc(Br)n4)cc3)c3c(N)ncnn23)CC1. The van der Waals surface area contributed by atoms with Gasteiger partial charge in [0.1, 0.15) is 22.3 Å². The standard InChI is InChI=1S/C24H26BrN9O3S/c1-38(36,37)33-11-9-32(10-12-33)14-18-13-19(22-23(26)27-15-28-34(18)22)16-5-7-17(8-6-16)29-24(35)31-21-4-2-3-20(25)30-21/h2-8,13,15H,9-12,14H2,1H3,(H2,26,27,28)(H2,29,30,31,35). The van der Waals surface area contributed by atoms with Gasteiger partial charge >= 0.3 is 6.03 Å². The van der Waals surface area contributed by atoms with E-state index >= 15 is 0 Å². The number of sulfonamides is 1. The second-order valence-corrected chi connectivity index (χ2v) is 11.7. The Morgan fingerprint density at radius 3 is 2.50 bits per heavy atom. The van der Waals surface area contributed by atoms with Gasteiger partial charge in [-0.15, -0.1) is 0 Å². The first-order valence-corrected chi connectivity index (χ1v) is 14.4. The number of anilines is 3. The van der Waals surface area contributed by atoms with Crippen molar-refractivity contribution in [2.24, 2.45) is 0 Å². The highest BCUT2D eigenvalue weighted by molar-refractivity contribution is 9.10. The number of nitrogens with two attached hydrogens (primary N) is 1. The van der Waals surface area contributed by atoms with Gasteiger partial charge in [0.25, 0.3) is 0 Å². The van der Waals surface area contributed by atoms with Crippen LogP contribution in [0.15, 0.2) is 59.5 Å². The molecule has 0 aliphatic carbocycles. The molecule has 0 bridgehead atoms. The molecular formula is C24H26BrN9O3S. The van der Waals surface area contributed by atoms with E-state index in [1.165, 1.54) is 16.9 Å². The molecule has 38 heavy (non-hydrogen) atoms. The second-order valence-electron chi connectivity index (χ2n) is 8.90. The van der Waals surface area contributed by atoms with Crippen molar-refractivity contribution in [2.75, 3.05) is 48.8 Å². The Kier molecular flexibility index (Phi) is 7.29. The van der Waals surface area contributed by atoms with Crippen LogP contribution >= 0.6 is 15.9 Å². The first-order valence-electron chi connectivity index (χ1n) is 11.8. The van der Waals surface area contributed by atoms with Gasteiger partial charge in [-0.2, -0.15) is 9.40 Å². The lowest BCUT2D eigenvalue weighted by Gasteiger charge is -2.32. The molecule has 14 heteroatoms. The van der Waals surface area contributed by atoms with Gasteiger partial charge in [0.15, 0.2) is 5.82 Å². The van der Waals surface area contributed by atoms with Crippen molar-refractivity contribution < 1.29 is 13.2 Å². The topological polar surface area (TPSA) is 151 Å². The van der Waals surface area contributed by atoms with E-state index < -0.39 is 16.1 Å². The number of hydrogen-bond acceptors (Lipinski definition) is 8. The van der Waals surface area contributed by atoms with Gasteiger partial charge in [-0.3, -0.25) is 10.2 Å². The van der Waals surface area contributed by atoms with Crippen LogP contribution < -0.4 is 16.4 Å². The van der Waals surface area contributed by atoms with E-state index in [9.17, 15) is 13.2 Å². The Morgan fingerprint density at radius 2 is 1.82 bits per heavy atom. The van der Waals surface area contributed by atoms with Gasteiger partial charge < -0.3 is 11.1 Å². The second kappa shape index (κ2) is 10.6. The van der Waals surface area contributed by atoms with Gasteiger partial charge in [-0.1, -0.05) is 18.2 Å². The maximum Gasteiger partial charge on any atom is 0.324 e. The normalized spacial score (nSPS) is 15.0. The molecule has 4 heterocycles. The van der Waals surface area contributed by atoms with E-state index in [2.05, 4.69) is 46.5 Å². The largest absolute Gasteiger partial charge is 0.382 e. The number of aromatic nitrogens is 4. The van der Waals surface area contributed by atoms with Crippen LogP contribution in [0.4, 0.5) is 22.1 Å². The molecule has 2 amide bonds. The first kappa shape index (κ1) is 26.0. The minimum Gasteiger partial charge on any atom is -0.382 e. The van der Waals surface area contributed by atoms with Crippen molar-refractivity contribution in [1.29, 1.82) is 0 Å². The molecule has 3 aromatic heterocycles. The van der Waals surface area contributed by atoms with Crippen LogP contribution in [-0.4, -0.2) is 75.7 Å². The lowest BCUT2D eigenvalue weighted by molar-refractivity contribution is 0.179. The number of hydrogen-bond donors (Lipinski definition) is 3. The summed E-state index contributed by atoms with van der Waals surface area (Å²) >= 11 is 3.28. The number of fused-ring (bicyclic) bond motifs is 1. The number of nitrogens with zero attached hydrogens (tertiary/aromatic N) is 6. The Bertz CT molecular complexity index is 1580. The summed E-state index contributed by atoms with van der Waals surface area (Å²) in [4.78, 5) is 22.9.